The summed E-state index contributed by atoms with van der Waals surface area (Å²) in [6, 6.07) is 15.6. The molecule has 2 saturated heterocycles. The van der Waals surface area contributed by atoms with Crippen LogP contribution in [0.15, 0.2) is 48.5 Å². The standard InChI is InChI=1S/C14H20ClN.C12H17NO2.C5H9NO.C3H7NO/c1-14(2,3)16-9-8-12(10-16)11-4-6-13(15)7-5-11;1-12(2,3)11(14)13-9-5-7-10(15-4)8-6-9;7-5-6-3-1-2-4-6;1-4(2)3-5/h4-7,12H,8-10H2,1-3H3;5-8H,1-4H3,(H,13,14);5H,1-4H2;3H,1-2H3/t12-;;;/m0.../s1. The molecule has 2 aromatic rings. The number of rotatable bonds is 5. The molecule has 43 heavy (non-hydrogen) atoms. The lowest BCUT2D eigenvalue weighted by atomic mass is 9.95. The average Bonchev–Trinajstić information content (AvgIpc) is 3.67. The van der Waals surface area contributed by atoms with E-state index in [1.165, 1.54) is 42.8 Å². The first-order valence-corrected chi connectivity index (χ1v) is 15.3. The fourth-order valence-corrected chi connectivity index (χ4v) is 4.34. The number of hydrogen-bond acceptors (Lipinski definition) is 5. The maximum atomic E-state index is 11.6. The maximum Gasteiger partial charge on any atom is 0.229 e. The molecule has 8 nitrogen and oxygen atoms in total. The minimum atomic E-state index is -0.375. The van der Waals surface area contributed by atoms with Gasteiger partial charge in [-0.25, -0.2) is 0 Å². The summed E-state index contributed by atoms with van der Waals surface area (Å²) in [4.78, 5) is 36.8. The van der Waals surface area contributed by atoms with Crippen LogP contribution >= 0.6 is 11.6 Å². The van der Waals surface area contributed by atoms with Gasteiger partial charge in [0.25, 0.3) is 0 Å². The van der Waals surface area contributed by atoms with Crippen molar-refractivity contribution in [3.05, 3.63) is 59.1 Å². The summed E-state index contributed by atoms with van der Waals surface area (Å²) in [6.45, 7) is 16.8. The van der Waals surface area contributed by atoms with Crippen molar-refractivity contribution >= 4 is 36.0 Å². The van der Waals surface area contributed by atoms with E-state index in [1.54, 1.807) is 26.1 Å². The van der Waals surface area contributed by atoms with Crippen molar-refractivity contribution in [3.63, 3.8) is 0 Å². The van der Waals surface area contributed by atoms with Crippen LogP contribution in [0.4, 0.5) is 5.69 Å². The van der Waals surface area contributed by atoms with Crippen LogP contribution in [-0.2, 0) is 14.4 Å². The second-order valence-corrected chi connectivity index (χ2v) is 13.4. The van der Waals surface area contributed by atoms with Crippen LogP contribution in [0.3, 0.4) is 0 Å². The minimum absolute atomic E-state index is 0.00710. The first-order chi connectivity index (χ1) is 20.1. The number of anilines is 1. The van der Waals surface area contributed by atoms with Gasteiger partial charge in [0.15, 0.2) is 0 Å². The van der Waals surface area contributed by atoms with Gasteiger partial charge in [0.2, 0.25) is 18.7 Å². The lowest BCUT2D eigenvalue weighted by molar-refractivity contribution is -0.123. The van der Waals surface area contributed by atoms with Gasteiger partial charge in [0.1, 0.15) is 5.75 Å². The molecule has 0 unspecified atom stereocenters. The summed E-state index contributed by atoms with van der Waals surface area (Å²) in [5.74, 6) is 1.47. The van der Waals surface area contributed by atoms with Gasteiger partial charge < -0.3 is 19.9 Å². The van der Waals surface area contributed by atoms with Gasteiger partial charge >= 0.3 is 0 Å². The van der Waals surface area contributed by atoms with Crippen molar-refractivity contribution in [2.24, 2.45) is 5.41 Å². The number of methoxy groups -OCH3 is 1. The summed E-state index contributed by atoms with van der Waals surface area (Å²) in [5.41, 5.74) is 2.13. The van der Waals surface area contributed by atoms with Gasteiger partial charge in [-0.15, -0.1) is 0 Å². The molecule has 0 bridgehead atoms. The van der Waals surface area contributed by atoms with E-state index in [0.717, 1.165) is 42.4 Å². The summed E-state index contributed by atoms with van der Waals surface area (Å²) in [6.07, 6.45) is 5.32. The molecule has 240 valence electrons. The Morgan fingerprint density at radius 2 is 1.47 bits per heavy atom. The van der Waals surface area contributed by atoms with E-state index in [0.29, 0.717) is 11.5 Å². The summed E-state index contributed by atoms with van der Waals surface area (Å²) >= 11 is 5.91. The number of nitrogens with zero attached hydrogens (tertiary/aromatic N) is 3. The predicted octanol–water partition coefficient (Wildman–Crippen LogP) is 6.55. The van der Waals surface area contributed by atoms with Gasteiger partial charge in [0.05, 0.1) is 7.11 Å². The predicted molar refractivity (Wildman–Crippen MR) is 178 cm³/mol. The van der Waals surface area contributed by atoms with E-state index in [9.17, 15) is 14.4 Å². The topological polar surface area (TPSA) is 82.2 Å². The maximum absolute atomic E-state index is 11.6. The SMILES string of the molecule is CC(C)(C)N1CC[C@H](c2ccc(Cl)cc2)C1.CN(C)C=O.COc1ccc(NC(=O)C(C)(C)C)cc1.O=CN1CCCC1. The molecule has 2 fully saturated rings. The van der Waals surface area contributed by atoms with Gasteiger partial charge in [0, 0.05) is 55.4 Å². The van der Waals surface area contributed by atoms with Crippen LogP contribution < -0.4 is 10.1 Å². The van der Waals surface area contributed by atoms with Crippen LogP contribution in [0.2, 0.25) is 5.02 Å². The smallest absolute Gasteiger partial charge is 0.229 e. The Hall–Kier alpha value is -3.10. The number of nitrogens with one attached hydrogen (secondary N) is 1. The molecule has 2 heterocycles. The van der Waals surface area contributed by atoms with E-state index in [4.69, 9.17) is 16.3 Å². The molecule has 0 aliphatic carbocycles. The highest BCUT2D eigenvalue weighted by molar-refractivity contribution is 6.30. The number of benzene rings is 2. The number of ether oxygens (including phenoxy) is 1. The number of carbonyl (C=O) groups excluding carboxylic acids is 3. The molecule has 3 amide bonds. The van der Waals surface area contributed by atoms with Crippen molar-refractivity contribution in [2.45, 2.75) is 72.3 Å². The monoisotopic (exact) mass is 616 g/mol. The molecule has 1 atom stereocenters. The number of amides is 3. The van der Waals surface area contributed by atoms with Crippen molar-refractivity contribution in [1.29, 1.82) is 0 Å². The van der Waals surface area contributed by atoms with Gasteiger partial charge in [-0.05, 0) is 94.5 Å². The van der Waals surface area contributed by atoms with Crippen LogP contribution in [-0.4, -0.2) is 86.4 Å². The van der Waals surface area contributed by atoms with E-state index in [1.807, 2.05) is 57.2 Å². The first kappa shape index (κ1) is 37.9. The highest BCUT2D eigenvalue weighted by Gasteiger charge is 2.30. The lowest BCUT2D eigenvalue weighted by Gasteiger charge is -2.31. The van der Waals surface area contributed by atoms with E-state index in [2.05, 4.69) is 43.1 Å². The molecular formula is C34H53ClN4O4. The number of carbonyl (C=O) groups is 3. The van der Waals surface area contributed by atoms with E-state index in [-0.39, 0.29) is 11.3 Å². The van der Waals surface area contributed by atoms with Gasteiger partial charge in [-0.3, -0.25) is 19.3 Å². The Morgan fingerprint density at radius 3 is 1.84 bits per heavy atom. The lowest BCUT2D eigenvalue weighted by Crippen LogP contribution is -2.39. The zero-order valence-corrected chi connectivity index (χ0v) is 28.4. The van der Waals surface area contributed by atoms with Crippen LogP contribution in [0, 0.1) is 5.41 Å². The third kappa shape index (κ3) is 15.3. The molecule has 2 aliphatic heterocycles. The van der Waals surface area contributed by atoms with Gasteiger partial charge in [-0.1, -0.05) is 44.5 Å². The highest BCUT2D eigenvalue weighted by Crippen LogP contribution is 2.31. The summed E-state index contributed by atoms with van der Waals surface area (Å²) in [7, 11) is 4.99. The molecule has 0 radical (unpaired) electrons. The molecule has 9 heteroatoms. The fourth-order valence-electron chi connectivity index (χ4n) is 4.22. The Balaban J connectivity index is 0.000000315. The Morgan fingerprint density at radius 1 is 0.930 bits per heavy atom. The minimum Gasteiger partial charge on any atom is -0.497 e. The summed E-state index contributed by atoms with van der Waals surface area (Å²) in [5, 5.41) is 3.67. The van der Waals surface area contributed by atoms with Crippen molar-refractivity contribution in [3.8, 4) is 5.75 Å². The van der Waals surface area contributed by atoms with Crippen molar-refractivity contribution in [2.75, 3.05) is 52.7 Å². The Bertz CT molecular complexity index is 1090. The molecule has 0 aromatic heterocycles. The first-order valence-electron chi connectivity index (χ1n) is 14.9. The number of halogens is 1. The highest BCUT2D eigenvalue weighted by atomic mass is 35.5. The van der Waals surface area contributed by atoms with Crippen LogP contribution in [0.25, 0.3) is 0 Å². The summed E-state index contributed by atoms with van der Waals surface area (Å²) < 4.78 is 5.03. The zero-order chi connectivity index (χ0) is 32.6. The molecular weight excluding hydrogens is 564 g/mol. The number of hydrogen-bond donors (Lipinski definition) is 1. The van der Waals surface area contributed by atoms with Crippen LogP contribution in [0.5, 0.6) is 5.75 Å². The molecule has 1 N–H and O–H groups in total. The fraction of sp³-hybridized carbons (Fsp3) is 0.559. The third-order valence-electron chi connectivity index (χ3n) is 7.01. The zero-order valence-electron chi connectivity index (χ0n) is 27.7. The number of likely N-dealkylation sites (tertiary alicyclic amines) is 2. The van der Waals surface area contributed by atoms with E-state index >= 15 is 0 Å². The third-order valence-corrected chi connectivity index (χ3v) is 7.26. The second kappa shape index (κ2) is 18.5. The average molecular weight is 617 g/mol. The molecule has 2 aromatic carbocycles. The molecule has 2 aliphatic rings. The quantitative estimate of drug-likeness (QED) is 0.385. The van der Waals surface area contributed by atoms with Crippen molar-refractivity contribution in [1.82, 2.24) is 14.7 Å². The second-order valence-electron chi connectivity index (χ2n) is 13.0. The molecule has 0 spiro atoms. The largest absolute Gasteiger partial charge is 0.497 e. The Kier molecular flexibility index (Phi) is 16.4. The molecule has 4 rings (SSSR count). The molecule has 0 saturated carbocycles. The van der Waals surface area contributed by atoms with Crippen LogP contribution in [0.1, 0.15) is 72.3 Å². The van der Waals surface area contributed by atoms with Gasteiger partial charge in [-0.2, -0.15) is 0 Å². The van der Waals surface area contributed by atoms with E-state index < -0.39 is 0 Å². The van der Waals surface area contributed by atoms with Crippen molar-refractivity contribution < 1.29 is 19.1 Å². The Labute approximate surface area is 264 Å². The normalized spacial score (nSPS) is 16.3.